The molecule has 1 aromatic heterocycles. The summed E-state index contributed by atoms with van der Waals surface area (Å²) in [6.07, 6.45) is 1.63. The third-order valence-electron chi connectivity index (χ3n) is 2.21. The molecule has 3 N–H and O–H groups in total. The third kappa shape index (κ3) is 3.42. The van der Waals surface area contributed by atoms with Crippen molar-refractivity contribution in [3.63, 3.8) is 0 Å². The van der Waals surface area contributed by atoms with Crippen LogP contribution in [0.3, 0.4) is 0 Å². The van der Waals surface area contributed by atoms with Crippen LogP contribution in [0.5, 0.6) is 0 Å². The van der Waals surface area contributed by atoms with Gasteiger partial charge in [0.05, 0.1) is 6.54 Å². The second-order valence-corrected chi connectivity index (χ2v) is 5.28. The molecule has 1 heterocycles. The zero-order valence-electron chi connectivity index (χ0n) is 9.10. The van der Waals surface area contributed by atoms with E-state index in [4.69, 9.17) is 21.6 Å². The number of hydrogen-bond donors (Lipinski definition) is 3. The first-order chi connectivity index (χ1) is 8.54. The fourth-order valence-corrected chi connectivity index (χ4v) is 2.34. The average molecular weight is 287 g/mol. The molecule has 4 nitrogen and oxygen atoms in total. The van der Waals surface area contributed by atoms with E-state index in [1.807, 2.05) is 0 Å². The van der Waals surface area contributed by atoms with Crippen molar-refractivity contribution >= 4 is 41.2 Å². The van der Waals surface area contributed by atoms with Crippen molar-refractivity contribution in [1.29, 1.82) is 0 Å². The van der Waals surface area contributed by atoms with Gasteiger partial charge in [0.1, 0.15) is 5.82 Å². The third-order valence-corrected chi connectivity index (χ3v) is 3.33. The van der Waals surface area contributed by atoms with Crippen molar-refractivity contribution in [2.24, 2.45) is 0 Å². The molecule has 0 atom stereocenters. The van der Waals surface area contributed by atoms with E-state index in [9.17, 15) is 4.39 Å². The van der Waals surface area contributed by atoms with Gasteiger partial charge in [0.2, 0.25) is 0 Å². The Kier molecular flexibility index (Phi) is 4.18. The Morgan fingerprint density at radius 1 is 1.39 bits per heavy atom. The Bertz CT molecular complexity index is 552. The Balaban J connectivity index is 2.09. The summed E-state index contributed by atoms with van der Waals surface area (Å²) in [5, 5.41) is 21.0. The van der Waals surface area contributed by atoms with Gasteiger partial charge in [-0.2, -0.15) is 0 Å². The molecular formula is C10H9BClFN2O2S. The second kappa shape index (κ2) is 5.66. The van der Waals surface area contributed by atoms with Gasteiger partial charge >= 0.3 is 7.12 Å². The SMILES string of the molecule is OB(O)c1cc(F)cc(NCc2cnc(Cl)s2)c1. The van der Waals surface area contributed by atoms with Gasteiger partial charge in [0.15, 0.2) is 4.47 Å². The van der Waals surface area contributed by atoms with Crippen LogP contribution in [0.2, 0.25) is 4.47 Å². The maximum atomic E-state index is 13.2. The van der Waals surface area contributed by atoms with Crippen LogP contribution in [0, 0.1) is 5.82 Å². The van der Waals surface area contributed by atoms with Gasteiger partial charge in [-0.15, -0.1) is 11.3 Å². The molecule has 2 rings (SSSR count). The predicted octanol–water partition coefficient (Wildman–Crippen LogP) is 1.23. The van der Waals surface area contributed by atoms with Gasteiger partial charge in [-0.3, -0.25) is 0 Å². The normalized spacial score (nSPS) is 10.4. The van der Waals surface area contributed by atoms with Gasteiger partial charge in [-0.1, -0.05) is 11.6 Å². The molecule has 0 aliphatic rings. The van der Waals surface area contributed by atoms with Crippen LogP contribution < -0.4 is 10.8 Å². The summed E-state index contributed by atoms with van der Waals surface area (Å²) in [6, 6.07) is 3.81. The van der Waals surface area contributed by atoms with Crippen LogP contribution >= 0.6 is 22.9 Å². The van der Waals surface area contributed by atoms with E-state index in [-0.39, 0.29) is 5.46 Å². The zero-order valence-corrected chi connectivity index (χ0v) is 10.7. The maximum Gasteiger partial charge on any atom is 0.488 e. The molecule has 0 radical (unpaired) electrons. The zero-order chi connectivity index (χ0) is 13.1. The molecule has 8 heteroatoms. The molecule has 2 aromatic rings. The summed E-state index contributed by atoms with van der Waals surface area (Å²) in [4.78, 5) is 4.78. The predicted molar refractivity (Wildman–Crippen MR) is 70.7 cm³/mol. The highest BCUT2D eigenvalue weighted by Gasteiger charge is 2.13. The molecule has 0 amide bonds. The molecule has 0 aliphatic carbocycles. The highest BCUT2D eigenvalue weighted by molar-refractivity contribution is 7.15. The van der Waals surface area contributed by atoms with Crippen molar-refractivity contribution in [2.45, 2.75) is 6.54 Å². The molecule has 0 spiro atoms. The van der Waals surface area contributed by atoms with Crippen molar-refractivity contribution in [2.75, 3.05) is 5.32 Å². The summed E-state index contributed by atoms with van der Waals surface area (Å²) < 4.78 is 13.7. The van der Waals surface area contributed by atoms with Crippen LogP contribution in [0.25, 0.3) is 0 Å². The number of thiazole rings is 1. The largest absolute Gasteiger partial charge is 0.488 e. The summed E-state index contributed by atoms with van der Waals surface area (Å²) in [6.45, 7) is 0.439. The lowest BCUT2D eigenvalue weighted by Gasteiger charge is -2.07. The van der Waals surface area contributed by atoms with E-state index in [1.165, 1.54) is 23.5 Å². The Morgan fingerprint density at radius 2 is 2.17 bits per heavy atom. The fraction of sp³-hybridized carbons (Fsp3) is 0.100. The maximum absolute atomic E-state index is 13.2. The lowest BCUT2D eigenvalue weighted by atomic mass is 9.80. The number of hydrogen-bond acceptors (Lipinski definition) is 5. The minimum atomic E-state index is -1.70. The monoisotopic (exact) mass is 286 g/mol. The number of halogens is 2. The fourth-order valence-electron chi connectivity index (χ4n) is 1.42. The summed E-state index contributed by atoms with van der Waals surface area (Å²) >= 11 is 7.01. The molecule has 18 heavy (non-hydrogen) atoms. The van der Waals surface area contributed by atoms with E-state index >= 15 is 0 Å². The van der Waals surface area contributed by atoms with Gasteiger partial charge in [0, 0.05) is 16.8 Å². The molecule has 0 bridgehead atoms. The quantitative estimate of drug-likeness (QED) is 0.740. The van der Waals surface area contributed by atoms with Crippen molar-refractivity contribution in [3.05, 3.63) is 39.6 Å². The van der Waals surface area contributed by atoms with E-state index < -0.39 is 12.9 Å². The van der Waals surface area contributed by atoms with Crippen LogP contribution in [-0.4, -0.2) is 22.2 Å². The summed E-state index contributed by atoms with van der Waals surface area (Å²) in [7, 11) is -1.70. The number of benzene rings is 1. The summed E-state index contributed by atoms with van der Waals surface area (Å²) in [5.74, 6) is -0.537. The smallest absolute Gasteiger partial charge is 0.423 e. The molecule has 0 aliphatic heterocycles. The van der Waals surface area contributed by atoms with Crippen LogP contribution in [0.1, 0.15) is 4.88 Å². The van der Waals surface area contributed by atoms with E-state index in [0.29, 0.717) is 16.7 Å². The molecular weight excluding hydrogens is 277 g/mol. The van der Waals surface area contributed by atoms with Gasteiger partial charge in [0.25, 0.3) is 0 Å². The van der Waals surface area contributed by atoms with Gasteiger partial charge in [-0.25, -0.2) is 9.37 Å². The first-order valence-corrected chi connectivity index (χ1v) is 6.25. The first-order valence-electron chi connectivity index (χ1n) is 5.05. The van der Waals surface area contributed by atoms with Crippen molar-refractivity contribution < 1.29 is 14.4 Å². The molecule has 94 valence electrons. The average Bonchev–Trinajstić information content (AvgIpc) is 2.72. The molecule has 0 unspecified atom stereocenters. The topological polar surface area (TPSA) is 65.4 Å². The Labute approximate surface area is 112 Å². The van der Waals surface area contributed by atoms with Crippen molar-refractivity contribution in [1.82, 2.24) is 4.98 Å². The number of nitrogens with one attached hydrogen (secondary N) is 1. The van der Waals surface area contributed by atoms with Crippen LogP contribution in [0.4, 0.5) is 10.1 Å². The highest BCUT2D eigenvalue weighted by atomic mass is 35.5. The van der Waals surface area contributed by atoms with Crippen molar-refractivity contribution in [3.8, 4) is 0 Å². The molecule has 0 fully saturated rings. The Morgan fingerprint density at radius 3 is 2.78 bits per heavy atom. The van der Waals surface area contributed by atoms with Crippen LogP contribution in [-0.2, 0) is 6.54 Å². The molecule has 0 saturated heterocycles. The molecule has 1 aromatic carbocycles. The van der Waals surface area contributed by atoms with E-state index in [2.05, 4.69) is 10.3 Å². The first kappa shape index (κ1) is 13.3. The van der Waals surface area contributed by atoms with Gasteiger partial charge in [-0.05, 0) is 23.7 Å². The number of nitrogens with zero attached hydrogens (tertiary/aromatic N) is 1. The number of anilines is 1. The highest BCUT2D eigenvalue weighted by Crippen LogP contribution is 2.19. The standard InChI is InChI=1S/C10H9BClFN2O2S/c12-10-15-5-9(18-10)4-14-8-2-6(11(16)17)1-7(13)3-8/h1-3,5,14,16-17H,4H2. The number of rotatable bonds is 4. The molecule has 0 saturated carbocycles. The number of aromatic nitrogens is 1. The second-order valence-electron chi connectivity index (χ2n) is 3.58. The van der Waals surface area contributed by atoms with E-state index in [1.54, 1.807) is 6.20 Å². The lowest BCUT2D eigenvalue weighted by Crippen LogP contribution is -2.30. The van der Waals surface area contributed by atoms with E-state index in [0.717, 1.165) is 10.9 Å². The minimum Gasteiger partial charge on any atom is -0.423 e. The lowest BCUT2D eigenvalue weighted by molar-refractivity contribution is 0.425. The summed E-state index contributed by atoms with van der Waals surface area (Å²) in [5.41, 5.74) is 0.558. The van der Waals surface area contributed by atoms with Crippen LogP contribution in [0.15, 0.2) is 24.4 Å². The minimum absolute atomic E-state index is 0.0971. The Hall–Kier alpha value is -1.15. The van der Waals surface area contributed by atoms with Gasteiger partial charge < -0.3 is 15.4 Å².